The molecule has 0 bridgehead atoms. The molecule has 0 aromatic rings. The number of hydrogen-bond donors (Lipinski definition) is 4. The molecule has 0 fully saturated rings. The third kappa shape index (κ3) is 13.8. The summed E-state index contributed by atoms with van der Waals surface area (Å²) in [7, 11) is 0. The molecule has 0 rings (SSSR count). The van der Waals surface area contributed by atoms with Crippen LogP contribution in [0.3, 0.4) is 0 Å². The fourth-order valence-corrected chi connectivity index (χ4v) is 2.27. The van der Waals surface area contributed by atoms with Crippen LogP contribution in [0.1, 0.15) is 77.6 Å². The monoisotopic (exact) mass is 316 g/mol. The van der Waals surface area contributed by atoms with Gasteiger partial charge in [-0.1, -0.05) is 64.7 Å². The molecule has 0 aliphatic heterocycles. The maximum absolute atomic E-state index is 10.8. The molecule has 1 atom stereocenters. The van der Waals surface area contributed by atoms with Gasteiger partial charge in [0.1, 0.15) is 6.04 Å². The van der Waals surface area contributed by atoms with E-state index in [9.17, 15) is 9.59 Å². The van der Waals surface area contributed by atoms with Crippen molar-refractivity contribution in [2.45, 2.75) is 83.6 Å². The Bertz CT molecular complexity index is 298. The first-order valence-corrected chi connectivity index (χ1v) is 8.51. The average molecular weight is 316 g/mol. The highest BCUT2D eigenvalue weighted by Crippen LogP contribution is 2.10. The molecule has 0 radical (unpaired) electrons. The number of carboxylic acid groups (broad SMARTS) is 2. The largest absolute Gasteiger partial charge is 0.481 e. The topological polar surface area (TPSA) is 98.7 Å². The minimum atomic E-state index is -1.15. The lowest BCUT2D eigenvalue weighted by Gasteiger charge is -2.13. The lowest BCUT2D eigenvalue weighted by Crippen LogP contribution is -2.46. The third-order valence-corrected chi connectivity index (χ3v) is 3.61. The molecule has 0 aliphatic carbocycles. The molecule has 0 aliphatic rings. The van der Waals surface area contributed by atoms with Crippen LogP contribution in [-0.2, 0) is 9.59 Å². The number of nitrogens with one attached hydrogen (secondary N) is 2. The molecule has 130 valence electrons. The Labute approximate surface area is 133 Å². The number of hydrazine groups is 1. The Kier molecular flexibility index (Phi) is 14.0. The van der Waals surface area contributed by atoms with Gasteiger partial charge in [-0.05, 0) is 6.42 Å². The first kappa shape index (κ1) is 20.9. The zero-order chi connectivity index (χ0) is 16.6. The Balaban J connectivity index is 3.35. The van der Waals surface area contributed by atoms with Crippen LogP contribution in [0.15, 0.2) is 0 Å². The van der Waals surface area contributed by atoms with Crippen LogP contribution in [0.5, 0.6) is 0 Å². The molecule has 6 nitrogen and oxygen atoms in total. The Morgan fingerprint density at radius 1 is 0.864 bits per heavy atom. The second-order valence-corrected chi connectivity index (χ2v) is 5.74. The number of unbranched alkanes of at least 4 members (excludes halogenated alkanes) is 9. The van der Waals surface area contributed by atoms with E-state index in [1.54, 1.807) is 0 Å². The number of carboxylic acids is 2. The maximum Gasteiger partial charge on any atom is 0.322 e. The van der Waals surface area contributed by atoms with Gasteiger partial charge in [-0.2, -0.15) is 0 Å². The van der Waals surface area contributed by atoms with Crippen LogP contribution >= 0.6 is 0 Å². The SMILES string of the molecule is CCCCCCCCCCCCNNC(CC(=O)O)C(=O)O. The van der Waals surface area contributed by atoms with E-state index in [0.717, 1.165) is 12.8 Å². The van der Waals surface area contributed by atoms with Crippen molar-refractivity contribution in [3.63, 3.8) is 0 Å². The smallest absolute Gasteiger partial charge is 0.322 e. The van der Waals surface area contributed by atoms with E-state index in [4.69, 9.17) is 10.2 Å². The number of aliphatic carboxylic acids is 2. The molecule has 0 heterocycles. The quantitative estimate of drug-likeness (QED) is 0.258. The summed E-state index contributed by atoms with van der Waals surface area (Å²) in [5.74, 6) is -2.28. The predicted octanol–water partition coefficient (Wildman–Crippen LogP) is 2.93. The van der Waals surface area contributed by atoms with E-state index < -0.39 is 24.4 Å². The van der Waals surface area contributed by atoms with E-state index in [1.807, 2.05) is 0 Å². The highest BCUT2D eigenvalue weighted by atomic mass is 16.4. The molecule has 6 heteroatoms. The Morgan fingerprint density at radius 3 is 1.82 bits per heavy atom. The van der Waals surface area contributed by atoms with Gasteiger partial charge in [0, 0.05) is 6.54 Å². The zero-order valence-electron chi connectivity index (χ0n) is 13.8. The predicted molar refractivity (Wildman–Crippen MR) is 86.7 cm³/mol. The van der Waals surface area contributed by atoms with Gasteiger partial charge in [-0.25, -0.2) is 5.43 Å². The van der Waals surface area contributed by atoms with Crippen molar-refractivity contribution in [2.75, 3.05) is 6.54 Å². The van der Waals surface area contributed by atoms with Gasteiger partial charge in [0.05, 0.1) is 6.42 Å². The highest BCUT2D eigenvalue weighted by Gasteiger charge is 2.19. The summed E-state index contributed by atoms with van der Waals surface area (Å²) < 4.78 is 0. The summed E-state index contributed by atoms with van der Waals surface area (Å²) in [6, 6.07) is -1.08. The van der Waals surface area contributed by atoms with Crippen LogP contribution in [0.25, 0.3) is 0 Å². The summed E-state index contributed by atoms with van der Waals surface area (Å²) in [6.45, 7) is 2.88. The van der Waals surface area contributed by atoms with E-state index >= 15 is 0 Å². The lowest BCUT2D eigenvalue weighted by atomic mass is 10.1. The summed E-state index contributed by atoms with van der Waals surface area (Å²) in [5.41, 5.74) is 5.35. The highest BCUT2D eigenvalue weighted by molar-refractivity contribution is 5.80. The number of carbonyl (C=O) groups is 2. The molecule has 0 aromatic carbocycles. The number of hydrogen-bond acceptors (Lipinski definition) is 4. The van der Waals surface area contributed by atoms with Crippen molar-refractivity contribution in [1.29, 1.82) is 0 Å². The molecule has 0 spiro atoms. The van der Waals surface area contributed by atoms with Gasteiger partial charge in [-0.15, -0.1) is 0 Å². The summed E-state index contributed by atoms with van der Waals surface area (Å²) >= 11 is 0. The van der Waals surface area contributed by atoms with Crippen molar-refractivity contribution in [3.05, 3.63) is 0 Å². The van der Waals surface area contributed by atoms with Gasteiger partial charge in [-0.3, -0.25) is 15.0 Å². The van der Waals surface area contributed by atoms with E-state index in [1.165, 1.54) is 51.4 Å². The normalized spacial score (nSPS) is 12.2. The second-order valence-electron chi connectivity index (χ2n) is 5.74. The van der Waals surface area contributed by atoms with Crippen LogP contribution < -0.4 is 10.9 Å². The molecule has 0 saturated heterocycles. The van der Waals surface area contributed by atoms with Crippen molar-refractivity contribution < 1.29 is 19.8 Å². The second kappa shape index (κ2) is 14.8. The maximum atomic E-state index is 10.8. The van der Waals surface area contributed by atoms with Crippen LogP contribution in [0.2, 0.25) is 0 Å². The number of rotatable bonds is 16. The third-order valence-electron chi connectivity index (χ3n) is 3.61. The Morgan fingerprint density at radius 2 is 1.36 bits per heavy atom. The molecule has 4 N–H and O–H groups in total. The first-order chi connectivity index (χ1) is 10.6. The van der Waals surface area contributed by atoms with Gasteiger partial charge in [0.25, 0.3) is 0 Å². The average Bonchev–Trinajstić information content (AvgIpc) is 2.46. The zero-order valence-corrected chi connectivity index (χ0v) is 13.8. The molecule has 1 unspecified atom stereocenters. The van der Waals surface area contributed by atoms with Crippen LogP contribution in [0.4, 0.5) is 0 Å². The molecule has 22 heavy (non-hydrogen) atoms. The van der Waals surface area contributed by atoms with Crippen molar-refractivity contribution in [1.82, 2.24) is 10.9 Å². The Hall–Kier alpha value is -1.14. The van der Waals surface area contributed by atoms with E-state index in [-0.39, 0.29) is 0 Å². The molecule has 0 aromatic heterocycles. The summed E-state index contributed by atoms with van der Waals surface area (Å²) in [5, 5.41) is 17.4. The molecule has 0 saturated carbocycles. The fourth-order valence-electron chi connectivity index (χ4n) is 2.27. The molecule has 0 amide bonds. The fraction of sp³-hybridized carbons (Fsp3) is 0.875. The van der Waals surface area contributed by atoms with E-state index in [2.05, 4.69) is 17.8 Å². The van der Waals surface area contributed by atoms with Crippen molar-refractivity contribution in [2.24, 2.45) is 0 Å². The lowest BCUT2D eigenvalue weighted by molar-refractivity contribution is -0.146. The minimum Gasteiger partial charge on any atom is -0.481 e. The minimum absolute atomic E-state index is 0.430. The van der Waals surface area contributed by atoms with Gasteiger partial charge in [0.15, 0.2) is 0 Å². The van der Waals surface area contributed by atoms with Gasteiger partial charge < -0.3 is 10.2 Å². The van der Waals surface area contributed by atoms with Crippen LogP contribution in [-0.4, -0.2) is 34.7 Å². The summed E-state index contributed by atoms with van der Waals surface area (Å²) in [6.07, 6.45) is 12.1. The van der Waals surface area contributed by atoms with Gasteiger partial charge in [0.2, 0.25) is 0 Å². The van der Waals surface area contributed by atoms with Crippen LogP contribution in [0, 0.1) is 0 Å². The molecular formula is C16H32N2O4. The van der Waals surface area contributed by atoms with Crippen molar-refractivity contribution >= 4 is 11.9 Å². The summed E-state index contributed by atoms with van der Waals surface area (Å²) in [4.78, 5) is 21.3. The molecular weight excluding hydrogens is 284 g/mol. The van der Waals surface area contributed by atoms with E-state index in [0.29, 0.717) is 6.54 Å². The van der Waals surface area contributed by atoms with Crippen molar-refractivity contribution in [3.8, 4) is 0 Å². The van der Waals surface area contributed by atoms with Gasteiger partial charge >= 0.3 is 11.9 Å². The standard InChI is InChI=1S/C16H32N2O4/c1-2-3-4-5-6-7-8-9-10-11-12-17-18-14(16(21)22)13-15(19)20/h14,17-18H,2-13H2,1H3,(H,19,20)(H,21,22). The first-order valence-electron chi connectivity index (χ1n) is 8.51.